The van der Waals surface area contributed by atoms with E-state index in [1.165, 1.54) is 6.07 Å². The number of aromatic nitrogens is 3. The van der Waals surface area contributed by atoms with Crippen molar-refractivity contribution in [1.29, 1.82) is 0 Å². The SMILES string of the molecule is CC.O=C(NCC1CCC(c2nc(-c3ccc(C(F)(F)F)nc3)no2)CC1)c1cc(F)c(O)c(F)c1. The Kier molecular flexibility index (Phi) is 8.59. The molecule has 1 saturated carbocycles. The zero-order valence-electron chi connectivity index (χ0n) is 19.6. The molecule has 1 amide bonds. The first-order valence-corrected chi connectivity index (χ1v) is 11.4. The average Bonchev–Trinajstić information content (AvgIpc) is 3.37. The Morgan fingerprint density at radius 3 is 2.31 bits per heavy atom. The van der Waals surface area contributed by atoms with Crippen molar-refractivity contribution < 1.29 is 36.4 Å². The van der Waals surface area contributed by atoms with E-state index in [0.717, 1.165) is 37.2 Å². The van der Waals surface area contributed by atoms with E-state index in [-0.39, 0.29) is 23.2 Å². The fourth-order valence-electron chi connectivity index (χ4n) is 3.86. The number of carbonyl (C=O) groups excluding carboxylic acids is 1. The highest BCUT2D eigenvalue weighted by Gasteiger charge is 2.32. The number of nitrogens with one attached hydrogen (secondary N) is 1. The van der Waals surface area contributed by atoms with Gasteiger partial charge in [-0.15, -0.1) is 0 Å². The molecular formula is C24H25F5N4O3. The van der Waals surface area contributed by atoms with Gasteiger partial charge >= 0.3 is 6.18 Å². The number of halogens is 5. The van der Waals surface area contributed by atoms with E-state index in [2.05, 4.69) is 20.4 Å². The summed E-state index contributed by atoms with van der Waals surface area (Å²) in [6.45, 7) is 4.31. The Bertz CT molecular complexity index is 1150. The summed E-state index contributed by atoms with van der Waals surface area (Å²) in [6, 6.07) is 3.62. The topological polar surface area (TPSA) is 101 Å². The third kappa shape index (κ3) is 6.35. The predicted octanol–water partition coefficient (Wildman–Crippen LogP) is 5.86. The number of hydrogen-bond donors (Lipinski definition) is 2. The van der Waals surface area contributed by atoms with Crippen molar-refractivity contribution in [2.45, 2.75) is 51.6 Å². The van der Waals surface area contributed by atoms with E-state index >= 15 is 0 Å². The number of rotatable bonds is 5. The van der Waals surface area contributed by atoms with Crippen LogP contribution in [0.5, 0.6) is 5.75 Å². The van der Waals surface area contributed by atoms with E-state index in [0.29, 0.717) is 30.8 Å². The molecular weight excluding hydrogens is 487 g/mol. The zero-order chi connectivity index (χ0) is 26.5. The summed E-state index contributed by atoms with van der Waals surface area (Å²) in [5.74, 6) is -3.57. The summed E-state index contributed by atoms with van der Waals surface area (Å²) in [4.78, 5) is 19.9. The monoisotopic (exact) mass is 512 g/mol. The largest absolute Gasteiger partial charge is 0.503 e. The van der Waals surface area contributed by atoms with Gasteiger partial charge in [-0.05, 0) is 55.9 Å². The summed E-state index contributed by atoms with van der Waals surface area (Å²) >= 11 is 0. The molecule has 4 rings (SSSR count). The van der Waals surface area contributed by atoms with Crippen LogP contribution < -0.4 is 5.32 Å². The molecule has 1 aromatic carbocycles. The number of phenols is 1. The van der Waals surface area contributed by atoms with Crippen LogP contribution in [0, 0.1) is 17.6 Å². The van der Waals surface area contributed by atoms with Gasteiger partial charge in [0.25, 0.3) is 5.91 Å². The number of hydrogen-bond acceptors (Lipinski definition) is 6. The van der Waals surface area contributed by atoms with E-state index in [1.54, 1.807) is 0 Å². The molecule has 7 nitrogen and oxygen atoms in total. The Labute approximate surface area is 203 Å². The lowest BCUT2D eigenvalue weighted by Crippen LogP contribution is -2.31. The van der Waals surface area contributed by atoms with Crippen molar-refractivity contribution in [3.8, 4) is 17.1 Å². The molecule has 12 heteroatoms. The second kappa shape index (κ2) is 11.4. The molecule has 1 aliphatic rings. The van der Waals surface area contributed by atoms with Crippen molar-refractivity contribution >= 4 is 5.91 Å². The highest BCUT2D eigenvalue weighted by Crippen LogP contribution is 2.36. The Morgan fingerprint density at radius 2 is 1.75 bits per heavy atom. The highest BCUT2D eigenvalue weighted by molar-refractivity contribution is 5.94. The quantitative estimate of drug-likeness (QED) is 0.415. The van der Waals surface area contributed by atoms with Crippen LogP contribution in [0.3, 0.4) is 0 Å². The fourth-order valence-corrected chi connectivity index (χ4v) is 3.86. The molecule has 0 bridgehead atoms. The van der Waals surface area contributed by atoms with Crippen LogP contribution in [-0.4, -0.2) is 32.7 Å². The summed E-state index contributed by atoms with van der Waals surface area (Å²) in [5, 5.41) is 15.6. The first-order chi connectivity index (χ1) is 17.1. The summed E-state index contributed by atoms with van der Waals surface area (Å²) < 4.78 is 70.2. The van der Waals surface area contributed by atoms with Gasteiger partial charge in [0, 0.05) is 29.8 Å². The average molecular weight is 512 g/mol. The van der Waals surface area contributed by atoms with Gasteiger partial charge in [-0.25, -0.2) is 8.78 Å². The number of benzene rings is 1. The van der Waals surface area contributed by atoms with Crippen LogP contribution in [0.2, 0.25) is 0 Å². The summed E-state index contributed by atoms with van der Waals surface area (Å²) in [7, 11) is 0. The summed E-state index contributed by atoms with van der Waals surface area (Å²) in [6.07, 6.45) is -0.657. The number of phenolic OH excluding ortho intramolecular Hbond substituents is 1. The van der Waals surface area contributed by atoms with Crippen molar-refractivity contribution in [1.82, 2.24) is 20.4 Å². The minimum Gasteiger partial charge on any atom is -0.503 e. The van der Waals surface area contributed by atoms with E-state index in [4.69, 9.17) is 9.63 Å². The van der Waals surface area contributed by atoms with Gasteiger partial charge in [0.05, 0.1) is 0 Å². The zero-order valence-corrected chi connectivity index (χ0v) is 19.6. The number of amides is 1. The number of pyridine rings is 1. The van der Waals surface area contributed by atoms with E-state index < -0.39 is 35.2 Å². The molecule has 0 atom stereocenters. The Morgan fingerprint density at radius 1 is 1.11 bits per heavy atom. The van der Waals surface area contributed by atoms with E-state index in [1.807, 2.05) is 13.8 Å². The molecule has 2 heterocycles. The molecule has 2 aromatic heterocycles. The normalized spacial score (nSPS) is 17.8. The Balaban J connectivity index is 0.00000176. The van der Waals surface area contributed by atoms with Crippen LogP contribution >= 0.6 is 0 Å². The molecule has 1 fully saturated rings. The van der Waals surface area contributed by atoms with Crippen LogP contribution in [-0.2, 0) is 6.18 Å². The van der Waals surface area contributed by atoms with Gasteiger partial charge in [-0.1, -0.05) is 19.0 Å². The van der Waals surface area contributed by atoms with Crippen LogP contribution in [0.1, 0.15) is 67.4 Å². The number of nitrogens with zero attached hydrogens (tertiary/aromatic N) is 3. The smallest absolute Gasteiger partial charge is 0.433 e. The third-order valence-corrected chi connectivity index (χ3v) is 5.78. The first kappa shape index (κ1) is 27.0. The van der Waals surface area contributed by atoms with Gasteiger partial charge < -0.3 is 14.9 Å². The highest BCUT2D eigenvalue weighted by atomic mass is 19.4. The molecule has 0 radical (unpaired) electrons. The third-order valence-electron chi connectivity index (χ3n) is 5.78. The van der Waals surface area contributed by atoms with Gasteiger partial charge in [0.15, 0.2) is 17.4 Å². The second-order valence-electron chi connectivity index (χ2n) is 8.10. The van der Waals surface area contributed by atoms with Crippen LogP contribution in [0.25, 0.3) is 11.4 Å². The van der Waals surface area contributed by atoms with Crippen LogP contribution in [0.15, 0.2) is 35.0 Å². The molecule has 0 saturated heterocycles. The second-order valence-corrected chi connectivity index (χ2v) is 8.10. The maximum Gasteiger partial charge on any atom is 0.433 e. The minimum atomic E-state index is -4.53. The Hall–Kier alpha value is -3.57. The summed E-state index contributed by atoms with van der Waals surface area (Å²) in [5.41, 5.74) is -0.926. The van der Waals surface area contributed by atoms with Crippen molar-refractivity contribution in [2.24, 2.45) is 5.92 Å². The number of alkyl halides is 3. The van der Waals surface area contributed by atoms with Crippen molar-refractivity contribution in [2.75, 3.05) is 6.54 Å². The van der Waals surface area contributed by atoms with Gasteiger partial charge in [0.1, 0.15) is 5.69 Å². The van der Waals surface area contributed by atoms with Gasteiger partial charge in [-0.3, -0.25) is 9.78 Å². The first-order valence-electron chi connectivity index (χ1n) is 11.4. The van der Waals surface area contributed by atoms with Gasteiger partial charge in [0.2, 0.25) is 11.7 Å². The number of carbonyl (C=O) groups is 1. The lowest BCUT2D eigenvalue weighted by Gasteiger charge is -2.26. The molecule has 36 heavy (non-hydrogen) atoms. The molecule has 1 aliphatic carbocycles. The van der Waals surface area contributed by atoms with Crippen molar-refractivity contribution in [3.63, 3.8) is 0 Å². The molecule has 0 spiro atoms. The van der Waals surface area contributed by atoms with E-state index in [9.17, 15) is 26.7 Å². The lowest BCUT2D eigenvalue weighted by atomic mass is 9.82. The maximum atomic E-state index is 13.4. The molecule has 194 valence electrons. The molecule has 2 N–H and O–H groups in total. The maximum absolute atomic E-state index is 13.4. The fraction of sp³-hybridized carbons (Fsp3) is 0.417. The molecule has 0 aliphatic heterocycles. The molecule has 3 aromatic rings. The van der Waals surface area contributed by atoms with Crippen LogP contribution in [0.4, 0.5) is 22.0 Å². The van der Waals surface area contributed by atoms with Gasteiger partial charge in [-0.2, -0.15) is 18.2 Å². The van der Waals surface area contributed by atoms with Crippen molar-refractivity contribution in [3.05, 3.63) is 59.2 Å². The predicted molar refractivity (Wildman–Crippen MR) is 119 cm³/mol. The number of aromatic hydroxyl groups is 1. The standard InChI is InChI=1S/C22H19F5N4O3.C2H6/c23-15-7-14(8-16(24)18(15)32)20(33)29-9-11-1-3-12(4-2-11)21-30-19(31-34-21)13-5-6-17(28-10-13)22(25,26)27;1-2/h5-8,10-12,32H,1-4,9H2,(H,29,33);1-2H3. The molecule has 0 unspecified atom stereocenters. The lowest BCUT2D eigenvalue weighted by molar-refractivity contribution is -0.141. The minimum absolute atomic E-state index is 0.0316.